The van der Waals surface area contributed by atoms with Crippen LogP contribution < -0.4 is 15.0 Å². The molecule has 0 N–H and O–H groups in total. The maximum atomic E-state index is 12.5. The van der Waals surface area contributed by atoms with Crippen LogP contribution in [-0.2, 0) is 7.05 Å². The number of hydrogen-bond acceptors (Lipinski definition) is 2. The number of methoxy groups -OCH3 is 1. The normalized spacial score (nSPS) is 16.5. The molecule has 1 fully saturated rings. The van der Waals surface area contributed by atoms with Crippen molar-refractivity contribution in [3.63, 3.8) is 0 Å². The van der Waals surface area contributed by atoms with Crippen molar-refractivity contribution < 1.29 is 9.30 Å². The second-order valence-electron chi connectivity index (χ2n) is 5.59. The first-order valence-electron chi connectivity index (χ1n) is 7.29. The lowest BCUT2D eigenvalue weighted by atomic mass is 9.95. The fourth-order valence-electron chi connectivity index (χ4n) is 3.17. The largest absolute Gasteiger partial charge is 0.498 e. The second kappa shape index (κ2) is 5.27. The summed E-state index contributed by atoms with van der Waals surface area (Å²) in [7, 11) is 3.51. The highest BCUT2D eigenvalue weighted by Crippen LogP contribution is 2.24. The van der Waals surface area contributed by atoms with Crippen molar-refractivity contribution in [2.24, 2.45) is 7.05 Å². The molecule has 0 radical (unpaired) electrons. The Hall–Kier alpha value is -1.84. The van der Waals surface area contributed by atoms with Gasteiger partial charge in [0, 0.05) is 0 Å². The molecule has 1 aliphatic rings. The summed E-state index contributed by atoms with van der Waals surface area (Å²) in [4.78, 5) is 12.5. The van der Waals surface area contributed by atoms with E-state index in [9.17, 15) is 4.79 Å². The number of ether oxygens (including phenoxy) is 1. The van der Waals surface area contributed by atoms with Gasteiger partial charge in [0.2, 0.25) is 0 Å². The van der Waals surface area contributed by atoms with Crippen LogP contribution in [0, 0.1) is 0 Å². The molecule has 106 valence electrons. The van der Waals surface area contributed by atoms with Crippen molar-refractivity contribution >= 4 is 10.9 Å². The summed E-state index contributed by atoms with van der Waals surface area (Å²) in [5.74, 6) is 0.825. The third-order valence-corrected chi connectivity index (χ3v) is 4.35. The lowest BCUT2D eigenvalue weighted by Crippen LogP contribution is -2.57. The average Bonchev–Trinajstić information content (AvgIpc) is 2.51. The van der Waals surface area contributed by atoms with Gasteiger partial charge in [-0.2, -0.15) is 13.9 Å². The topological polar surface area (TPSA) is 35.1 Å². The molecular weight excluding hydrogens is 252 g/mol. The molecule has 0 aliphatic heterocycles. The van der Waals surface area contributed by atoms with Gasteiger partial charge >= 0.3 is 5.69 Å². The van der Waals surface area contributed by atoms with Crippen molar-refractivity contribution in [3.05, 3.63) is 34.9 Å². The number of benzene rings is 1. The number of aryl methyl sites for hydroxylation is 1. The summed E-state index contributed by atoms with van der Waals surface area (Å²) in [6.45, 7) is 0. The predicted octanol–water partition coefficient (Wildman–Crippen LogP) is 2.34. The standard InChI is InChI=1S/C16H21N2O2/c1-17-15-9-8-14(20-2)10-12(15)11-18(16(17)19)13-6-4-3-5-7-13/h8-11,13H,3-7H2,1-2H3/q+1. The molecule has 0 spiro atoms. The summed E-state index contributed by atoms with van der Waals surface area (Å²) in [6, 6.07) is 6.18. The van der Waals surface area contributed by atoms with Gasteiger partial charge in [0.25, 0.3) is 0 Å². The van der Waals surface area contributed by atoms with Crippen LogP contribution in [0.5, 0.6) is 5.75 Å². The molecule has 3 rings (SSSR count). The zero-order valence-electron chi connectivity index (χ0n) is 12.1. The molecule has 1 aliphatic carbocycles. The Balaban J connectivity index is 2.16. The smallest absolute Gasteiger partial charge is 0.497 e. The van der Waals surface area contributed by atoms with E-state index < -0.39 is 0 Å². The molecule has 0 unspecified atom stereocenters. The molecule has 0 atom stereocenters. The van der Waals surface area contributed by atoms with E-state index in [1.54, 1.807) is 11.7 Å². The van der Waals surface area contributed by atoms with Crippen molar-refractivity contribution in [1.82, 2.24) is 4.57 Å². The average molecular weight is 273 g/mol. The molecule has 4 heteroatoms. The molecule has 1 saturated carbocycles. The molecule has 1 aromatic heterocycles. The summed E-state index contributed by atoms with van der Waals surface area (Å²) >= 11 is 0. The quantitative estimate of drug-likeness (QED) is 0.787. The summed E-state index contributed by atoms with van der Waals surface area (Å²) in [6.07, 6.45) is 7.94. The van der Waals surface area contributed by atoms with E-state index in [1.165, 1.54) is 19.3 Å². The van der Waals surface area contributed by atoms with Gasteiger partial charge in [0.1, 0.15) is 23.5 Å². The number of fused-ring (bicyclic) bond motifs is 1. The first-order chi connectivity index (χ1) is 9.70. The zero-order valence-corrected chi connectivity index (χ0v) is 12.1. The number of rotatable bonds is 2. The Morgan fingerprint density at radius 1 is 1.25 bits per heavy atom. The van der Waals surface area contributed by atoms with Crippen molar-refractivity contribution in [3.8, 4) is 5.75 Å². The summed E-state index contributed by atoms with van der Waals surface area (Å²) < 4.78 is 8.94. The lowest BCUT2D eigenvalue weighted by Gasteiger charge is -2.19. The highest BCUT2D eigenvalue weighted by molar-refractivity contribution is 5.78. The van der Waals surface area contributed by atoms with Gasteiger partial charge in [-0.05, 0) is 43.9 Å². The molecule has 1 aromatic carbocycles. The van der Waals surface area contributed by atoms with Crippen LogP contribution in [0.4, 0.5) is 0 Å². The second-order valence-corrected chi connectivity index (χ2v) is 5.59. The Labute approximate surface area is 118 Å². The molecular formula is C16H21N2O2+. The molecule has 2 aromatic rings. The van der Waals surface area contributed by atoms with Crippen LogP contribution in [0.15, 0.2) is 29.2 Å². The van der Waals surface area contributed by atoms with Gasteiger partial charge in [0.05, 0.1) is 19.5 Å². The monoisotopic (exact) mass is 273 g/mol. The molecule has 0 bridgehead atoms. The van der Waals surface area contributed by atoms with Crippen molar-refractivity contribution in [1.29, 1.82) is 0 Å². The maximum Gasteiger partial charge on any atom is 0.498 e. The maximum absolute atomic E-state index is 12.5. The van der Waals surface area contributed by atoms with Crippen LogP contribution in [0.2, 0.25) is 0 Å². The first-order valence-corrected chi connectivity index (χ1v) is 7.29. The molecule has 0 saturated heterocycles. The molecule has 1 heterocycles. The Morgan fingerprint density at radius 2 is 2.00 bits per heavy atom. The minimum absolute atomic E-state index is 0.0783. The van der Waals surface area contributed by atoms with Crippen LogP contribution in [0.1, 0.15) is 38.1 Å². The number of nitrogens with zero attached hydrogens (tertiary/aromatic N) is 2. The number of hydrogen-bond donors (Lipinski definition) is 0. The zero-order chi connectivity index (χ0) is 14.1. The van der Waals surface area contributed by atoms with E-state index in [4.69, 9.17) is 4.74 Å². The third kappa shape index (κ3) is 2.19. The Kier molecular flexibility index (Phi) is 3.47. The Bertz CT molecular complexity index is 685. The molecule has 0 amide bonds. The fourth-order valence-corrected chi connectivity index (χ4v) is 3.17. The van der Waals surface area contributed by atoms with Gasteiger partial charge < -0.3 is 4.74 Å². The fraction of sp³-hybridized carbons (Fsp3) is 0.500. The Morgan fingerprint density at radius 3 is 2.70 bits per heavy atom. The van der Waals surface area contributed by atoms with E-state index in [0.29, 0.717) is 6.04 Å². The highest BCUT2D eigenvalue weighted by atomic mass is 16.5. The molecule has 20 heavy (non-hydrogen) atoms. The first kappa shape index (κ1) is 13.2. The van der Waals surface area contributed by atoms with E-state index >= 15 is 0 Å². The molecule has 4 nitrogen and oxygen atoms in total. The summed E-state index contributed by atoms with van der Waals surface area (Å²) in [5.41, 5.74) is 1.03. The van der Waals surface area contributed by atoms with E-state index in [2.05, 4.69) is 0 Å². The van der Waals surface area contributed by atoms with E-state index in [0.717, 1.165) is 29.5 Å². The van der Waals surface area contributed by atoms with Crippen LogP contribution in [0.3, 0.4) is 0 Å². The van der Waals surface area contributed by atoms with E-state index in [-0.39, 0.29) is 5.69 Å². The minimum atomic E-state index is 0.0783. The van der Waals surface area contributed by atoms with Crippen molar-refractivity contribution in [2.75, 3.05) is 7.11 Å². The lowest BCUT2D eigenvalue weighted by molar-refractivity contribution is -0.741. The van der Waals surface area contributed by atoms with E-state index in [1.807, 2.05) is 36.0 Å². The number of aromatic nitrogens is 2. The predicted molar refractivity (Wildman–Crippen MR) is 78.1 cm³/mol. The van der Waals surface area contributed by atoms with Crippen LogP contribution in [0.25, 0.3) is 10.9 Å². The van der Waals surface area contributed by atoms with Gasteiger partial charge in [-0.15, -0.1) is 0 Å². The van der Waals surface area contributed by atoms with Gasteiger partial charge in [-0.1, -0.05) is 6.42 Å². The van der Waals surface area contributed by atoms with Gasteiger partial charge in [0.15, 0.2) is 0 Å². The van der Waals surface area contributed by atoms with Gasteiger partial charge in [-0.25, -0.2) is 0 Å². The van der Waals surface area contributed by atoms with Crippen LogP contribution in [-0.4, -0.2) is 11.7 Å². The highest BCUT2D eigenvalue weighted by Gasteiger charge is 2.24. The summed E-state index contributed by atoms with van der Waals surface area (Å²) in [5, 5.41) is 1.05. The minimum Gasteiger partial charge on any atom is -0.497 e. The van der Waals surface area contributed by atoms with Gasteiger partial charge in [-0.3, -0.25) is 0 Å². The SMILES string of the molecule is COc1ccc2c(c1)c[n+](C1CCCCC1)c(=O)n2C. The van der Waals surface area contributed by atoms with Crippen molar-refractivity contribution in [2.45, 2.75) is 38.1 Å². The van der Waals surface area contributed by atoms with Crippen LogP contribution >= 0.6 is 0 Å². The third-order valence-electron chi connectivity index (χ3n) is 4.35.